The third kappa shape index (κ3) is 4.10. The minimum absolute atomic E-state index is 0.152. The van der Waals surface area contributed by atoms with Gasteiger partial charge in [0.2, 0.25) is 0 Å². The van der Waals surface area contributed by atoms with Crippen LogP contribution in [0.5, 0.6) is 0 Å². The summed E-state index contributed by atoms with van der Waals surface area (Å²) in [5, 5.41) is 2.31. The molecule has 0 amide bonds. The van der Waals surface area contributed by atoms with E-state index >= 15 is 0 Å². The molecule has 0 N–H and O–H groups in total. The predicted molar refractivity (Wildman–Crippen MR) is 224 cm³/mol. The molecule has 6 aliphatic rings. The SMILES string of the molecule is c1cc(C2c3ccccc3-c3ccccc32)cc(N(c2ccc3c(c2)-c2ccccc2C32C3CC4CC(C3)CC2C4)c2ccc3c(c2)oc2ccccc23)c1. The van der Waals surface area contributed by atoms with Crippen LogP contribution in [0.2, 0.25) is 0 Å². The van der Waals surface area contributed by atoms with E-state index in [2.05, 4.69) is 163 Å². The van der Waals surface area contributed by atoms with E-state index < -0.39 is 0 Å². The van der Waals surface area contributed by atoms with Crippen molar-refractivity contribution in [3.63, 3.8) is 0 Å². The lowest BCUT2D eigenvalue weighted by Crippen LogP contribution is -2.55. The Morgan fingerprint density at radius 2 is 1.04 bits per heavy atom. The van der Waals surface area contributed by atoms with E-state index in [1.165, 1.54) is 76.7 Å². The third-order valence-corrected chi connectivity index (χ3v) is 14.7. The summed E-state index contributed by atoms with van der Waals surface area (Å²) >= 11 is 0. The van der Waals surface area contributed by atoms with Gasteiger partial charge in [-0.2, -0.15) is 0 Å². The summed E-state index contributed by atoms with van der Waals surface area (Å²) in [5.74, 6) is 3.53. The predicted octanol–water partition coefficient (Wildman–Crippen LogP) is 13.9. The van der Waals surface area contributed by atoms with Crippen molar-refractivity contribution in [3.05, 3.63) is 186 Å². The van der Waals surface area contributed by atoms with E-state index in [-0.39, 0.29) is 11.3 Å². The van der Waals surface area contributed by atoms with Crippen molar-refractivity contribution in [1.29, 1.82) is 0 Å². The van der Waals surface area contributed by atoms with E-state index in [9.17, 15) is 0 Å². The Hall–Kier alpha value is -5.86. The van der Waals surface area contributed by atoms with Crippen LogP contribution >= 0.6 is 0 Å². The molecule has 14 rings (SSSR count). The first-order valence-corrected chi connectivity index (χ1v) is 20.5. The summed E-state index contributed by atoms with van der Waals surface area (Å²) in [6, 6.07) is 59.4. The molecule has 0 atom stereocenters. The lowest BCUT2D eigenvalue weighted by molar-refractivity contribution is -0.0399. The normalized spacial score (nSPS) is 24.0. The van der Waals surface area contributed by atoms with Crippen molar-refractivity contribution in [3.8, 4) is 22.3 Å². The lowest BCUT2D eigenvalue weighted by atomic mass is 9.43. The monoisotopic (exact) mass is 707 g/mol. The highest BCUT2D eigenvalue weighted by Gasteiger charge is 2.61. The summed E-state index contributed by atoms with van der Waals surface area (Å²) in [6.45, 7) is 0. The average molecular weight is 708 g/mol. The first-order chi connectivity index (χ1) is 27.2. The minimum atomic E-state index is 0.152. The highest BCUT2D eigenvalue weighted by molar-refractivity contribution is 6.06. The van der Waals surface area contributed by atoms with Crippen LogP contribution in [0.4, 0.5) is 17.1 Å². The maximum Gasteiger partial charge on any atom is 0.137 e. The van der Waals surface area contributed by atoms with Crippen LogP contribution in [0.15, 0.2) is 162 Å². The van der Waals surface area contributed by atoms with Crippen molar-refractivity contribution in [1.82, 2.24) is 0 Å². The number of nitrogens with zero attached hydrogens (tertiary/aromatic N) is 1. The summed E-state index contributed by atoms with van der Waals surface area (Å²) in [6.07, 6.45) is 7.05. The van der Waals surface area contributed by atoms with Crippen molar-refractivity contribution in [2.45, 2.75) is 43.4 Å². The van der Waals surface area contributed by atoms with Crippen LogP contribution < -0.4 is 4.90 Å². The second-order valence-corrected chi connectivity index (χ2v) is 17.3. The summed E-state index contributed by atoms with van der Waals surface area (Å²) < 4.78 is 6.52. The first kappa shape index (κ1) is 30.5. The number of para-hydroxylation sites is 1. The average Bonchev–Trinajstić information content (AvgIpc) is 3.86. The maximum absolute atomic E-state index is 6.52. The third-order valence-electron chi connectivity index (χ3n) is 14.7. The fourth-order valence-electron chi connectivity index (χ4n) is 12.9. The number of anilines is 3. The van der Waals surface area contributed by atoms with Crippen LogP contribution in [0.3, 0.4) is 0 Å². The molecule has 0 radical (unpaired) electrons. The zero-order chi connectivity index (χ0) is 35.8. The summed E-state index contributed by atoms with van der Waals surface area (Å²) in [7, 11) is 0. The molecule has 1 aromatic heterocycles. The molecule has 1 spiro atoms. The van der Waals surface area contributed by atoms with Crippen molar-refractivity contribution >= 4 is 39.0 Å². The van der Waals surface area contributed by atoms with Gasteiger partial charge in [0.1, 0.15) is 11.2 Å². The molecule has 7 aromatic carbocycles. The summed E-state index contributed by atoms with van der Waals surface area (Å²) in [5.41, 5.74) is 18.3. The molecule has 2 heteroatoms. The Balaban J connectivity index is 1.01. The Morgan fingerprint density at radius 1 is 0.436 bits per heavy atom. The first-order valence-electron chi connectivity index (χ1n) is 20.5. The van der Waals surface area contributed by atoms with E-state index in [0.29, 0.717) is 0 Å². The Kier molecular flexibility index (Phi) is 6.15. The van der Waals surface area contributed by atoms with Crippen molar-refractivity contribution < 1.29 is 4.42 Å². The van der Waals surface area contributed by atoms with Gasteiger partial charge < -0.3 is 9.32 Å². The van der Waals surface area contributed by atoms with Gasteiger partial charge in [0.15, 0.2) is 0 Å². The zero-order valence-electron chi connectivity index (χ0n) is 30.8. The molecule has 4 fully saturated rings. The highest BCUT2D eigenvalue weighted by Crippen LogP contribution is 2.69. The van der Waals surface area contributed by atoms with E-state index in [1.54, 1.807) is 11.1 Å². The van der Waals surface area contributed by atoms with Crippen LogP contribution in [0.25, 0.3) is 44.2 Å². The molecule has 55 heavy (non-hydrogen) atoms. The van der Waals surface area contributed by atoms with Crippen LogP contribution in [0.1, 0.15) is 65.8 Å². The molecule has 0 aliphatic heterocycles. The minimum Gasteiger partial charge on any atom is -0.456 e. The van der Waals surface area contributed by atoms with Gasteiger partial charge in [0.05, 0.1) is 0 Å². The largest absolute Gasteiger partial charge is 0.456 e. The van der Waals surface area contributed by atoms with Crippen LogP contribution in [-0.2, 0) is 5.41 Å². The zero-order valence-corrected chi connectivity index (χ0v) is 30.8. The van der Waals surface area contributed by atoms with Gasteiger partial charge in [0, 0.05) is 45.2 Å². The second kappa shape index (κ2) is 11.1. The van der Waals surface area contributed by atoms with Gasteiger partial charge in [-0.1, -0.05) is 109 Å². The van der Waals surface area contributed by atoms with Crippen LogP contribution in [0, 0.1) is 23.7 Å². The highest BCUT2D eigenvalue weighted by atomic mass is 16.3. The van der Waals surface area contributed by atoms with Crippen molar-refractivity contribution in [2.24, 2.45) is 23.7 Å². The molecule has 264 valence electrons. The number of fused-ring (bicyclic) bond motifs is 9. The molecular formula is C53H41NO. The Bertz CT molecular complexity index is 2800. The molecule has 0 saturated heterocycles. The van der Waals surface area contributed by atoms with Gasteiger partial charge in [-0.05, 0) is 148 Å². The Labute approximate surface area is 322 Å². The molecule has 4 bridgehead atoms. The number of rotatable bonds is 4. The van der Waals surface area contributed by atoms with E-state index in [1.807, 2.05) is 0 Å². The molecule has 0 unspecified atom stereocenters. The fourth-order valence-corrected chi connectivity index (χ4v) is 12.9. The maximum atomic E-state index is 6.52. The summed E-state index contributed by atoms with van der Waals surface area (Å²) in [4.78, 5) is 2.48. The topological polar surface area (TPSA) is 16.4 Å². The van der Waals surface area contributed by atoms with Crippen molar-refractivity contribution in [2.75, 3.05) is 4.90 Å². The Morgan fingerprint density at radius 3 is 1.82 bits per heavy atom. The second-order valence-electron chi connectivity index (χ2n) is 17.3. The van der Waals surface area contributed by atoms with Gasteiger partial charge in [-0.3, -0.25) is 0 Å². The number of benzene rings is 7. The molecule has 6 aliphatic carbocycles. The standard InChI is InChI=1S/C53H41NO/c1-3-16-45-40(12-1)41-13-2-4-17-46(41)52(45)34-10-9-11-37(29-34)54(39-20-22-44-43-15-6-8-19-50(43)55-51(44)31-39)38-21-23-49-47(30-38)42-14-5-7-18-48(42)53(49)35-25-32-24-33(27-35)28-36(53)26-32/h1-23,29-33,35-36,52H,24-28H2. The number of furan rings is 1. The molecule has 1 heterocycles. The fraction of sp³-hybridized carbons (Fsp3) is 0.208. The molecular weight excluding hydrogens is 667 g/mol. The molecule has 2 nitrogen and oxygen atoms in total. The van der Waals surface area contributed by atoms with Gasteiger partial charge >= 0.3 is 0 Å². The number of hydrogen-bond acceptors (Lipinski definition) is 2. The van der Waals surface area contributed by atoms with Gasteiger partial charge in [-0.25, -0.2) is 0 Å². The quantitative estimate of drug-likeness (QED) is 0.181. The molecule has 4 saturated carbocycles. The molecule has 8 aromatic rings. The van der Waals surface area contributed by atoms with E-state index in [0.717, 1.165) is 57.0 Å². The smallest absolute Gasteiger partial charge is 0.137 e. The van der Waals surface area contributed by atoms with Gasteiger partial charge in [-0.15, -0.1) is 0 Å². The van der Waals surface area contributed by atoms with Gasteiger partial charge in [0.25, 0.3) is 0 Å². The van der Waals surface area contributed by atoms with Crippen LogP contribution in [-0.4, -0.2) is 0 Å². The van der Waals surface area contributed by atoms with E-state index in [4.69, 9.17) is 4.42 Å². The number of hydrogen-bond donors (Lipinski definition) is 0. The lowest BCUT2D eigenvalue weighted by Gasteiger charge is -2.61.